The maximum absolute atomic E-state index is 11.4. The van der Waals surface area contributed by atoms with E-state index < -0.39 is 12.1 Å². The average Bonchev–Trinajstić information content (AvgIpc) is 2.98. The summed E-state index contributed by atoms with van der Waals surface area (Å²) in [6.07, 6.45) is 0. The molecule has 4 amide bonds. The number of carbonyl (C=O) groups excluding carboxylic acids is 2. The number of carbonyl (C=O) groups is 2. The van der Waals surface area contributed by atoms with Crippen molar-refractivity contribution in [3.8, 4) is 6.07 Å². The van der Waals surface area contributed by atoms with Gasteiger partial charge in [0.25, 0.3) is 0 Å². The molecule has 1 saturated heterocycles. The van der Waals surface area contributed by atoms with Gasteiger partial charge in [-0.1, -0.05) is 0 Å². The van der Waals surface area contributed by atoms with Gasteiger partial charge in [0.1, 0.15) is 6.04 Å². The first-order valence-electron chi connectivity index (χ1n) is 4.90. The molecule has 0 spiro atoms. The second kappa shape index (κ2) is 4.64. The standard InChI is InChI=1S/C9H14N4O2/c1-3-12(4-2)8(14)11-9(15)13-6-7(13)5-10/h7H,3-4,6H2,1-2H3,(H,11,14,15). The van der Waals surface area contributed by atoms with Crippen LogP contribution in [0.15, 0.2) is 0 Å². The van der Waals surface area contributed by atoms with Crippen LogP contribution in [0.2, 0.25) is 0 Å². The molecule has 1 unspecified atom stereocenters. The van der Waals surface area contributed by atoms with E-state index in [4.69, 9.17) is 5.26 Å². The highest BCUT2D eigenvalue weighted by molar-refractivity contribution is 5.94. The second-order valence-electron chi connectivity index (χ2n) is 3.20. The van der Waals surface area contributed by atoms with E-state index in [1.165, 1.54) is 9.80 Å². The van der Waals surface area contributed by atoms with Crippen LogP contribution in [0, 0.1) is 11.3 Å². The van der Waals surface area contributed by atoms with Crippen molar-refractivity contribution in [1.82, 2.24) is 15.1 Å². The number of hydrogen-bond donors (Lipinski definition) is 1. The highest BCUT2D eigenvalue weighted by Gasteiger charge is 2.39. The zero-order chi connectivity index (χ0) is 11.4. The highest BCUT2D eigenvalue weighted by atomic mass is 16.2. The molecule has 1 rings (SSSR count). The Bertz CT molecular complexity index is 306. The molecule has 0 radical (unpaired) electrons. The van der Waals surface area contributed by atoms with Gasteiger partial charge in [-0.05, 0) is 13.8 Å². The van der Waals surface area contributed by atoms with Crippen LogP contribution in [0.3, 0.4) is 0 Å². The lowest BCUT2D eigenvalue weighted by Crippen LogP contribution is -2.44. The van der Waals surface area contributed by atoms with Gasteiger partial charge in [0.05, 0.1) is 12.6 Å². The van der Waals surface area contributed by atoms with Gasteiger partial charge in [0.15, 0.2) is 0 Å². The summed E-state index contributed by atoms with van der Waals surface area (Å²) in [7, 11) is 0. The molecule has 1 aliphatic heterocycles. The summed E-state index contributed by atoms with van der Waals surface area (Å²) in [5.74, 6) is 0. The van der Waals surface area contributed by atoms with Crippen LogP contribution in [0.1, 0.15) is 13.8 Å². The first-order valence-corrected chi connectivity index (χ1v) is 4.90. The fraction of sp³-hybridized carbons (Fsp3) is 0.667. The molecule has 0 aromatic heterocycles. The SMILES string of the molecule is CCN(CC)C(=O)NC(=O)N1CC1C#N. The lowest BCUT2D eigenvalue weighted by molar-refractivity contribution is 0.196. The molecular weight excluding hydrogens is 196 g/mol. The van der Waals surface area contributed by atoms with Gasteiger partial charge in [-0.3, -0.25) is 5.32 Å². The van der Waals surface area contributed by atoms with Gasteiger partial charge in [0.2, 0.25) is 0 Å². The van der Waals surface area contributed by atoms with Crippen molar-refractivity contribution >= 4 is 12.1 Å². The molecule has 82 valence electrons. The summed E-state index contributed by atoms with van der Waals surface area (Å²) in [6.45, 7) is 5.19. The van der Waals surface area contributed by atoms with Gasteiger partial charge in [-0.15, -0.1) is 0 Å². The molecule has 1 aliphatic rings. The summed E-state index contributed by atoms with van der Waals surface area (Å²) >= 11 is 0. The molecule has 6 heteroatoms. The molecule has 1 heterocycles. The van der Waals surface area contributed by atoms with E-state index in [-0.39, 0.29) is 6.04 Å². The van der Waals surface area contributed by atoms with Crippen molar-refractivity contribution in [3.05, 3.63) is 0 Å². The first-order chi connectivity index (χ1) is 7.13. The Labute approximate surface area is 88.4 Å². The van der Waals surface area contributed by atoms with E-state index >= 15 is 0 Å². The average molecular weight is 210 g/mol. The van der Waals surface area contributed by atoms with Gasteiger partial charge in [0, 0.05) is 13.1 Å². The van der Waals surface area contributed by atoms with Crippen molar-refractivity contribution in [2.24, 2.45) is 0 Å². The number of hydrogen-bond acceptors (Lipinski definition) is 3. The van der Waals surface area contributed by atoms with Gasteiger partial charge in [-0.25, -0.2) is 9.59 Å². The second-order valence-corrected chi connectivity index (χ2v) is 3.20. The molecule has 0 bridgehead atoms. The third-order valence-electron chi connectivity index (χ3n) is 2.29. The van der Waals surface area contributed by atoms with E-state index in [2.05, 4.69) is 5.32 Å². The van der Waals surface area contributed by atoms with Gasteiger partial charge < -0.3 is 9.80 Å². The zero-order valence-electron chi connectivity index (χ0n) is 8.86. The predicted octanol–water partition coefficient (Wildman–Crippen LogP) is 0.366. The Kier molecular flexibility index (Phi) is 3.50. The maximum atomic E-state index is 11.4. The van der Waals surface area contributed by atoms with Crippen LogP contribution in [0.4, 0.5) is 9.59 Å². The molecule has 15 heavy (non-hydrogen) atoms. The summed E-state index contributed by atoms with van der Waals surface area (Å²) in [5, 5.41) is 10.7. The number of nitriles is 1. The van der Waals surface area contributed by atoms with E-state index in [1.54, 1.807) is 0 Å². The monoisotopic (exact) mass is 210 g/mol. The third-order valence-corrected chi connectivity index (χ3v) is 2.29. The summed E-state index contributed by atoms with van der Waals surface area (Å²) in [6, 6.07) is 0.678. The van der Waals surface area contributed by atoms with Crippen molar-refractivity contribution in [3.63, 3.8) is 0 Å². The van der Waals surface area contributed by atoms with Crippen molar-refractivity contribution < 1.29 is 9.59 Å². The first kappa shape index (κ1) is 11.3. The Hall–Kier alpha value is -1.77. The molecule has 0 aliphatic carbocycles. The normalized spacial score (nSPS) is 17.9. The molecular formula is C9H14N4O2. The minimum atomic E-state index is -0.488. The van der Waals surface area contributed by atoms with Crippen LogP contribution in [0.25, 0.3) is 0 Å². The smallest absolute Gasteiger partial charge is 0.325 e. The van der Waals surface area contributed by atoms with Gasteiger partial charge >= 0.3 is 12.1 Å². The van der Waals surface area contributed by atoms with Crippen molar-refractivity contribution in [1.29, 1.82) is 5.26 Å². The Morgan fingerprint density at radius 3 is 2.53 bits per heavy atom. The topological polar surface area (TPSA) is 76.2 Å². The fourth-order valence-corrected chi connectivity index (χ4v) is 1.23. The van der Waals surface area contributed by atoms with Crippen molar-refractivity contribution in [2.45, 2.75) is 19.9 Å². The number of nitrogens with zero attached hydrogens (tertiary/aromatic N) is 3. The summed E-state index contributed by atoms with van der Waals surface area (Å²) < 4.78 is 0. The molecule has 1 atom stereocenters. The Morgan fingerprint density at radius 1 is 1.53 bits per heavy atom. The lowest BCUT2D eigenvalue weighted by Gasteiger charge is -2.18. The number of nitrogens with one attached hydrogen (secondary N) is 1. The minimum absolute atomic E-state index is 0.366. The Morgan fingerprint density at radius 2 is 2.13 bits per heavy atom. The molecule has 1 N–H and O–H groups in total. The summed E-state index contributed by atoms with van der Waals surface area (Å²) in [4.78, 5) is 25.6. The minimum Gasteiger partial charge on any atom is -0.325 e. The largest absolute Gasteiger partial charge is 0.326 e. The Balaban J connectivity index is 2.39. The van der Waals surface area contributed by atoms with E-state index in [9.17, 15) is 9.59 Å². The van der Waals surface area contributed by atoms with Crippen LogP contribution < -0.4 is 5.32 Å². The molecule has 1 fully saturated rings. The number of urea groups is 2. The third kappa shape index (κ3) is 2.59. The van der Waals surface area contributed by atoms with E-state index in [0.29, 0.717) is 19.6 Å². The quantitative estimate of drug-likeness (QED) is 0.669. The van der Waals surface area contributed by atoms with Crippen LogP contribution >= 0.6 is 0 Å². The number of imide groups is 1. The molecule has 0 aromatic carbocycles. The van der Waals surface area contributed by atoms with Crippen LogP contribution in [0.5, 0.6) is 0 Å². The summed E-state index contributed by atoms with van der Waals surface area (Å²) in [5.41, 5.74) is 0. The van der Waals surface area contributed by atoms with Crippen LogP contribution in [-0.2, 0) is 0 Å². The van der Waals surface area contributed by atoms with E-state index in [0.717, 1.165) is 0 Å². The van der Waals surface area contributed by atoms with Crippen molar-refractivity contribution in [2.75, 3.05) is 19.6 Å². The molecule has 0 saturated carbocycles. The molecule has 6 nitrogen and oxygen atoms in total. The van der Waals surface area contributed by atoms with Crippen LogP contribution in [-0.4, -0.2) is 47.5 Å². The lowest BCUT2D eigenvalue weighted by atomic mass is 10.5. The fourth-order valence-electron chi connectivity index (χ4n) is 1.23. The maximum Gasteiger partial charge on any atom is 0.326 e. The van der Waals surface area contributed by atoms with Gasteiger partial charge in [-0.2, -0.15) is 5.26 Å². The number of rotatable bonds is 2. The number of amides is 4. The zero-order valence-corrected chi connectivity index (χ0v) is 8.86. The molecule has 0 aromatic rings. The highest BCUT2D eigenvalue weighted by Crippen LogP contribution is 2.15. The van der Waals surface area contributed by atoms with E-state index in [1.807, 2.05) is 19.9 Å². The predicted molar refractivity (Wildman–Crippen MR) is 53.0 cm³/mol.